The summed E-state index contributed by atoms with van der Waals surface area (Å²) < 4.78 is 21.4. The van der Waals surface area contributed by atoms with Crippen LogP contribution < -0.4 is 0 Å². The largest absolute Gasteiger partial charge is 0.472 e. The molecular weight excluding hydrogens is 364 g/mol. The van der Waals surface area contributed by atoms with Gasteiger partial charge in [-0.3, -0.25) is 0 Å². The zero-order chi connectivity index (χ0) is 19.9. The van der Waals surface area contributed by atoms with E-state index in [1.807, 2.05) is 0 Å². The van der Waals surface area contributed by atoms with Crippen molar-refractivity contribution in [2.75, 3.05) is 13.7 Å². The lowest BCUT2D eigenvalue weighted by Gasteiger charge is -2.43. The minimum atomic E-state index is -1.58. The third-order valence-corrected chi connectivity index (χ3v) is 5.75. The summed E-state index contributed by atoms with van der Waals surface area (Å²) in [6, 6.07) is 0. The molecule has 3 rings (SSSR count). The van der Waals surface area contributed by atoms with Crippen LogP contribution in [0.25, 0.3) is 0 Å². The van der Waals surface area contributed by atoms with Crippen LogP contribution in [0.5, 0.6) is 0 Å². The summed E-state index contributed by atoms with van der Waals surface area (Å²) in [4.78, 5) is 12.0. The Balaban J connectivity index is 1.80. The molecule has 3 aliphatic rings. The summed E-state index contributed by atoms with van der Waals surface area (Å²) in [6.07, 6.45) is -7.25. The van der Waals surface area contributed by atoms with E-state index < -0.39 is 61.6 Å². The van der Waals surface area contributed by atoms with Gasteiger partial charge in [-0.15, -0.1) is 0 Å². The van der Waals surface area contributed by atoms with Crippen molar-refractivity contribution in [2.45, 2.75) is 56.4 Å². The molecule has 10 nitrogen and oxygen atoms in total. The fourth-order valence-corrected chi connectivity index (χ4v) is 4.10. The summed E-state index contributed by atoms with van der Waals surface area (Å²) in [7, 11) is 1.25. The highest BCUT2D eigenvalue weighted by molar-refractivity contribution is 5.89. The van der Waals surface area contributed by atoms with Gasteiger partial charge in [0.2, 0.25) is 6.29 Å². The van der Waals surface area contributed by atoms with Crippen LogP contribution in [0.3, 0.4) is 0 Å². The molecule has 0 amide bonds. The molecule has 10 atom stereocenters. The molecule has 1 saturated heterocycles. The molecule has 0 aromatic carbocycles. The van der Waals surface area contributed by atoms with Crippen molar-refractivity contribution in [2.24, 2.45) is 17.8 Å². The fourth-order valence-electron chi connectivity index (χ4n) is 4.10. The van der Waals surface area contributed by atoms with Gasteiger partial charge in [-0.1, -0.05) is 6.92 Å². The molecule has 1 aliphatic carbocycles. The van der Waals surface area contributed by atoms with Crippen LogP contribution in [-0.2, 0) is 23.7 Å². The van der Waals surface area contributed by atoms with Crippen molar-refractivity contribution in [3.8, 4) is 0 Å². The Labute approximate surface area is 155 Å². The minimum Gasteiger partial charge on any atom is -0.472 e. The van der Waals surface area contributed by atoms with Crippen molar-refractivity contribution in [1.82, 2.24) is 0 Å². The van der Waals surface area contributed by atoms with Gasteiger partial charge in [-0.2, -0.15) is 0 Å². The number of fused-ring (bicyclic) bond motifs is 1. The maximum absolute atomic E-state index is 12.0. The number of aliphatic hydroxyl groups is 5. The number of rotatable bonds is 4. The molecule has 0 spiro atoms. The van der Waals surface area contributed by atoms with Gasteiger partial charge in [0, 0.05) is 11.8 Å². The predicted molar refractivity (Wildman–Crippen MR) is 86.6 cm³/mol. The summed E-state index contributed by atoms with van der Waals surface area (Å²) >= 11 is 0. The first-order valence-corrected chi connectivity index (χ1v) is 8.88. The topological polar surface area (TPSA) is 155 Å². The third-order valence-electron chi connectivity index (χ3n) is 5.75. The summed E-state index contributed by atoms with van der Waals surface area (Å²) in [5.74, 6) is -1.63. The van der Waals surface area contributed by atoms with Gasteiger partial charge in [-0.25, -0.2) is 4.79 Å². The SMILES string of the molecule is COC(=O)C1=CO[C@@H](O[C@H]2O[C@@H](CO)[C@H](O)[C@@H](O)[C@@H]2O)[C@H]2[C@@H](C)[C@H](O)C[C@H]12. The highest BCUT2D eigenvalue weighted by Gasteiger charge is 2.53. The standard InChI is InChI=1S/C17H26O10/c1-6-9(19)3-7-8(15(23)24-2)5-25-16(11(6)7)27-17-14(22)13(21)12(20)10(4-18)26-17/h5-7,9-14,16-22H,3-4H2,1-2H3/t6-,7+,9+,10-,11-,12-,13+,14-,16-,17+/m0/s1. The molecule has 2 heterocycles. The molecular formula is C17H26O10. The Morgan fingerprint density at radius 2 is 1.89 bits per heavy atom. The number of esters is 1. The monoisotopic (exact) mass is 390 g/mol. The molecule has 0 unspecified atom stereocenters. The first-order chi connectivity index (χ1) is 12.8. The van der Waals surface area contributed by atoms with Crippen molar-refractivity contribution in [3.63, 3.8) is 0 Å². The number of hydrogen-bond acceptors (Lipinski definition) is 10. The maximum Gasteiger partial charge on any atom is 0.337 e. The van der Waals surface area contributed by atoms with Crippen LogP contribution in [-0.4, -0.2) is 88.3 Å². The summed E-state index contributed by atoms with van der Waals surface area (Å²) in [5.41, 5.74) is 0.291. The molecule has 2 aliphatic heterocycles. The van der Waals surface area contributed by atoms with Crippen molar-refractivity contribution in [1.29, 1.82) is 0 Å². The van der Waals surface area contributed by atoms with Crippen LogP contribution in [0.1, 0.15) is 13.3 Å². The zero-order valence-electron chi connectivity index (χ0n) is 15.0. The highest BCUT2D eigenvalue weighted by Crippen LogP contribution is 2.47. The van der Waals surface area contributed by atoms with Gasteiger partial charge in [0.1, 0.15) is 24.4 Å². The van der Waals surface area contributed by atoms with E-state index in [0.717, 1.165) is 0 Å². The van der Waals surface area contributed by atoms with Crippen LogP contribution >= 0.6 is 0 Å². The van der Waals surface area contributed by atoms with Gasteiger partial charge < -0.3 is 44.5 Å². The average molecular weight is 390 g/mol. The van der Waals surface area contributed by atoms with E-state index in [1.54, 1.807) is 6.92 Å². The van der Waals surface area contributed by atoms with Crippen LogP contribution in [0.15, 0.2) is 11.8 Å². The number of carbonyl (C=O) groups is 1. The average Bonchev–Trinajstić information content (AvgIpc) is 2.96. The van der Waals surface area contributed by atoms with Gasteiger partial charge in [0.05, 0.1) is 31.7 Å². The van der Waals surface area contributed by atoms with E-state index in [0.29, 0.717) is 12.0 Å². The highest BCUT2D eigenvalue weighted by atomic mass is 16.8. The molecule has 0 aromatic heterocycles. The predicted octanol–water partition coefficient (Wildman–Crippen LogP) is -2.15. The van der Waals surface area contributed by atoms with Gasteiger partial charge in [0.15, 0.2) is 6.29 Å². The first kappa shape index (κ1) is 20.5. The normalized spacial score (nSPS) is 47.0. The molecule has 5 N–H and O–H groups in total. The van der Waals surface area contributed by atoms with Gasteiger partial charge in [0.25, 0.3) is 0 Å². The Hall–Kier alpha value is -1.27. The molecule has 1 saturated carbocycles. The lowest BCUT2D eigenvalue weighted by atomic mass is 9.83. The zero-order valence-corrected chi connectivity index (χ0v) is 15.0. The van der Waals surface area contributed by atoms with Crippen molar-refractivity contribution in [3.05, 3.63) is 11.8 Å². The molecule has 154 valence electrons. The van der Waals surface area contributed by atoms with Gasteiger partial charge in [-0.05, 0) is 12.3 Å². The number of ether oxygens (including phenoxy) is 4. The smallest absolute Gasteiger partial charge is 0.337 e. The van der Waals surface area contributed by atoms with Crippen LogP contribution in [0.4, 0.5) is 0 Å². The van der Waals surface area contributed by atoms with E-state index in [1.165, 1.54) is 13.4 Å². The first-order valence-electron chi connectivity index (χ1n) is 8.88. The van der Waals surface area contributed by atoms with Crippen molar-refractivity contribution >= 4 is 5.97 Å². The second-order valence-corrected chi connectivity index (χ2v) is 7.25. The Morgan fingerprint density at radius 3 is 2.52 bits per heavy atom. The fraction of sp³-hybridized carbons (Fsp3) is 0.824. The molecule has 27 heavy (non-hydrogen) atoms. The lowest BCUT2D eigenvalue weighted by molar-refractivity contribution is -0.342. The lowest BCUT2D eigenvalue weighted by Crippen LogP contribution is -2.60. The minimum absolute atomic E-state index is 0.279. The molecule has 0 radical (unpaired) electrons. The number of aliphatic hydroxyl groups excluding tert-OH is 5. The Morgan fingerprint density at radius 1 is 1.19 bits per heavy atom. The van der Waals surface area contributed by atoms with Crippen molar-refractivity contribution < 1.29 is 49.3 Å². The van der Waals surface area contributed by atoms with Gasteiger partial charge >= 0.3 is 5.97 Å². The number of methoxy groups -OCH3 is 1. The summed E-state index contributed by atoms with van der Waals surface area (Å²) in [6.45, 7) is 1.21. The molecule has 0 aromatic rings. The third kappa shape index (κ3) is 3.58. The molecule has 2 fully saturated rings. The van der Waals surface area contributed by atoms with Crippen LogP contribution in [0.2, 0.25) is 0 Å². The Kier molecular flexibility index (Phi) is 6.06. The maximum atomic E-state index is 12.0. The van der Waals surface area contributed by atoms with E-state index in [9.17, 15) is 30.3 Å². The van der Waals surface area contributed by atoms with Crippen LogP contribution in [0, 0.1) is 17.8 Å². The van der Waals surface area contributed by atoms with E-state index in [4.69, 9.17) is 18.9 Å². The quantitative estimate of drug-likeness (QED) is 0.336. The van der Waals surface area contributed by atoms with E-state index in [-0.39, 0.29) is 11.8 Å². The number of carbonyl (C=O) groups excluding carboxylic acids is 1. The summed E-state index contributed by atoms with van der Waals surface area (Å²) in [5, 5.41) is 49.4. The molecule has 10 heteroatoms. The number of hydrogen-bond donors (Lipinski definition) is 5. The van der Waals surface area contributed by atoms with E-state index in [2.05, 4.69) is 0 Å². The second-order valence-electron chi connectivity index (χ2n) is 7.25. The van der Waals surface area contributed by atoms with E-state index >= 15 is 0 Å². The second kappa shape index (κ2) is 8.00. The Bertz CT molecular complexity index is 578. The molecule has 0 bridgehead atoms.